The summed E-state index contributed by atoms with van der Waals surface area (Å²) in [6.45, 7) is 2.22. The number of rotatable bonds is 6. The molecule has 1 aromatic carbocycles. The summed E-state index contributed by atoms with van der Waals surface area (Å²) >= 11 is 5.73. The quantitative estimate of drug-likeness (QED) is 0.392. The molecule has 0 radical (unpaired) electrons. The molecule has 0 bridgehead atoms. The van der Waals surface area contributed by atoms with Gasteiger partial charge < -0.3 is 25.0 Å². The molecule has 144 valence electrons. The zero-order valence-corrected chi connectivity index (χ0v) is 19.6. The molecule has 26 heavy (non-hydrogen) atoms. The van der Waals surface area contributed by atoms with Crippen LogP contribution in [0.2, 0.25) is 5.02 Å². The Bertz CT molecular complexity index is 700. The molecule has 2 unspecified atom stereocenters. The Morgan fingerprint density at radius 1 is 1.42 bits per heavy atom. The number of aliphatic hydroxyl groups is 2. The maximum absolute atomic E-state index is 12.3. The van der Waals surface area contributed by atoms with Crippen molar-refractivity contribution in [2.24, 2.45) is 0 Å². The van der Waals surface area contributed by atoms with Crippen LogP contribution < -0.4 is 5.32 Å². The van der Waals surface area contributed by atoms with Gasteiger partial charge in [-0.2, -0.15) is 6.61 Å². The van der Waals surface area contributed by atoms with Crippen LogP contribution in [0.25, 0.3) is 0 Å². The molecule has 1 fully saturated rings. The van der Waals surface area contributed by atoms with Crippen molar-refractivity contribution in [3.05, 3.63) is 35.9 Å². The van der Waals surface area contributed by atoms with Crippen molar-refractivity contribution >= 4 is 27.5 Å². The topological polar surface area (TPSA) is 122 Å². The summed E-state index contributed by atoms with van der Waals surface area (Å²) in [5.74, 6) is -0.408. The van der Waals surface area contributed by atoms with E-state index in [4.69, 9.17) is 26.2 Å². The maximum atomic E-state index is 12.3. The van der Waals surface area contributed by atoms with Gasteiger partial charge in [-0.05, 0) is 37.2 Å². The standard InChI is InChI=1S/C15H19ClNO7S.U/c1-9(8-25(21,22)11-4-2-10(16)3-5-11)24-15(20)17-12-7-23-13(6-18)14(12)19;/h2-5,7,9,12-14,18-19H,6,8H2,1H3,(H,17,20);/q-1;/t9?,12?,13-,14-;/m1./s1. The van der Waals surface area contributed by atoms with Gasteiger partial charge in [-0.1, -0.05) is 11.6 Å². The van der Waals surface area contributed by atoms with Gasteiger partial charge in [0.25, 0.3) is 0 Å². The summed E-state index contributed by atoms with van der Waals surface area (Å²) in [6.07, 6.45) is -3.77. The number of hydrogen-bond acceptors (Lipinski definition) is 7. The summed E-state index contributed by atoms with van der Waals surface area (Å²) in [7, 11) is -3.65. The van der Waals surface area contributed by atoms with Crippen molar-refractivity contribution in [1.82, 2.24) is 5.32 Å². The van der Waals surface area contributed by atoms with E-state index in [0.717, 1.165) is 0 Å². The summed E-state index contributed by atoms with van der Waals surface area (Å²) < 4.78 is 34.5. The molecule has 1 amide bonds. The number of alkyl carbamates (subject to hydrolysis) is 1. The monoisotopic (exact) mass is 630 g/mol. The normalized spacial score (nSPS) is 23.8. The molecular weight excluding hydrogens is 612 g/mol. The zero-order valence-electron chi connectivity index (χ0n) is 13.8. The van der Waals surface area contributed by atoms with Gasteiger partial charge in [0, 0.05) is 36.1 Å². The first-order chi connectivity index (χ1) is 11.7. The number of carbonyl (C=O) groups is 1. The van der Waals surface area contributed by atoms with Gasteiger partial charge >= 0.3 is 6.09 Å². The SMILES string of the molecule is CC(CS(=O)(=O)c1ccc(Cl)cc1)OC(=O)NC1[CH-]O[C@H](CO)[C@@H]1O.[U]. The predicted octanol–water partition coefficient (Wildman–Crippen LogP) is 0.511. The summed E-state index contributed by atoms with van der Waals surface area (Å²) in [5, 5.41) is 21.5. The molecule has 3 N–H and O–H groups in total. The molecule has 0 aliphatic carbocycles. The molecule has 1 aliphatic heterocycles. The first-order valence-electron chi connectivity index (χ1n) is 7.46. The fraction of sp³-hybridized carbons (Fsp3) is 0.467. The van der Waals surface area contributed by atoms with Gasteiger partial charge in [-0.15, -0.1) is 0 Å². The molecule has 11 heteroatoms. The molecular formula is C15H19ClNO7SU-. The Kier molecular flexibility index (Phi) is 9.36. The van der Waals surface area contributed by atoms with E-state index in [9.17, 15) is 18.3 Å². The molecule has 1 heterocycles. The van der Waals surface area contributed by atoms with Crippen LogP contribution in [0, 0.1) is 37.7 Å². The number of aliphatic hydroxyl groups excluding tert-OH is 2. The minimum absolute atomic E-state index is 0. The second kappa shape index (κ2) is 10.3. The predicted molar refractivity (Wildman–Crippen MR) is 88.6 cm³/mol. The van der Waals surface area contributed by atoms with Crippen LogP contribution in [-0.2, 0) is 19.3 Å². The van der Waals surface area contributed by atoms with Crippen molar-refractivity contribution in [3.63, 3.8) is 0 Å². The van der Waals surface area contributed by atoms with Gasteiger partial charge in [0.1, 0.15) is 6.10 Å². The molecule has 4 atom stereocenters. The number of benzene rings is 1. The second-order valence-corrected chi connectivity index (χ2v) is 8.08. The fourth-order valence-corrected chi connectivity index (χ4v) is 3.84. The van der Waals surface area contributed by atoms with Gasteiger partial charge in [0.15, 0.2) is 9.84 Å². The van der Waals surface area contributed by atoms with E-state index in [1.165, 1.54) is 37.8 Å². The van der Waals surface area contributed by atoms with E-state index >= 15 is 0 Å². The fourth-order valence-electron chi connectivity index (χ4n) is 2.28. The molecule has 8 nitrogen and oxygen atoms in total. The number of halogens is 1. The van der Waals surface area contributed by atoms with Crippen LogP contribution in [0.15, 0.2) is 29.2 Å². The summed E-state index contributed by atoms with van der Waals surface area (Å²) in [5.41, 5.74) is 0. The van der Waals surface area contributed by atoms with Crippen LogP contribution in [-0.4, -0.2) is 61.4 Å². The van der Waals surface area contributed by atoms with E-state index in [-0.39, 0.29) is 36.0 Å². The third-order valence-corrected chi connectivity index (χ3v) is 5.70. The van der Waals surface area contributed by atoms with E-state index in [2.05, 4.69) is 5.32 Å². The Balaban J connectivity index is 0.00000338. The van der Waals surface area contributed by atoms with E-state index in [1.54, 1.807) is 0 Å². The smallest absolute Gasteiger partial charge is 0.405 e. The van der Waals surface area contributed by atoms with Gasteiger partial charge in [0.05, 0.1) is 29.5 Å². The molecule has 1 saturated heterocycles. The minimum Gasteiger partial charge on any atom is -0.544 e. The summed E-state index contributed by atoms with van der Waals surface area (Å²) in [6, 6.07) is 4.81. The number of hydrogen-bond donors (Lipinski definition) is 3. The average Bonchev–Trinajstić information content (AvgIpc) is 2.87. The number of sulfone groups is 1. The van der Waals surface area contributed by atoms with Crippen molar-refractivity contribution in [2.75, 3.05) is 12.4 Å². The number of nitrogens with one attached hydrogen (secondary N) is 1. The van der Waals surface area contributed by atoms with E-state index in [0.29, 0.717) is 5.02 Å². The van der Waals surface area contributed by atoms with Crippen molar-refractivity contribution in [1.29, 1.82) is 0 Å². The Morgan fingerprint density at radius 3 is 2.58 bits per heavy atom. The third-order valence-electron chi connectivity index (χ3n) is 3.55. The third kappa shape index (κ3) is 6.37. The molecule has 0 spiro atoms. The van der Waals surface area contributed by atoms with Crippen LogP contribution in [0.4, 0.5) is 4.79 Å². The largest absolute Gasteiger partial charge is 0.544 e. The van der Waals surface area contributed by atoms with Gasteiger partial charge in [-0.25, -0.2) is 13.2 Å². The van der Waals surface area contributed by atoms with Crippen molar-refractivity contribution in [3.8, 4) is 0 Å². The Morgan fingerprint density at radius 2 is 2.04 bits per heavy atom. The van der Waals surface area contributed by atoms with Crippen LogP contribution in [0.1, 0.15) is 6.92 Å². The summed E-state index contributed by atoms with van der Waals surface area (Å²) in [4.78, 5) is 11.9. The van der Waals surface area contributed by atoms with Crippen LogP contribution >= 0.6 is 11.6 Å². The first-order valence-corrected chi connectivity index (χ1v) is 9.49. The molecule has 0 saturated carbocycles. The molecule has 0 aromatic heterocycles. The minimum atomic E-state index is -3.65. The van der Waals surface area contributed by atoms with Crippen molar-refractivity contribution in [2.45, 2.75) is 36.2 Å². The van der Waals surface area contributed by atoms with Crippen molar-refractivity contribution < 1.29 is 64.0 Å². The second-order valence-electron chi connectivity index (χ2n) is 5.61. The Labute approximate surface area is 180 Å². The van der Waals surface area contributed by atoms with E-state index in [1.807, 2.05) is 0 Å². The molecule has 2 rings (SSSR count). The Hall–Kier alpha value is -0.338. The maximum Gasteiger partial charge on any atom is 0.405 e. The van der Waals surface area contributed by atoms with Gasteiger partial charge in [0.2, 0.25) is 0 Å². The van der Waals surface area contributed by atoms with Gasteiger partial charge in [-0.3, -0.25) is 0 Å². The van der Waals surface area contributed by atoms with Crippen LogP contribution in [0.3, 0.4) is 0 Å². The first kappa shape index (κ1) is 23.7. The molecule has 1 aromatic rings. The number of ether oxygens (including phenoxy) is 2. The number of carbonyl (C=O) groups excluding carboxylic acids is 1. The number of amides is 1. The van der Waals surface area contributed by atoms with Crippen LogP contribution in [0.5, 0.6) is 0 Å². The molecule has 1 aliphatic rings. The zero-order chi connectivity index (χ0) is 18.6. The van der Waals surface area contributed by atoms with E-state index < -0.39 is 52.6 Å². The average molecular weight is 631 g/mol.